The number of nitrogens with one attached hydrogen (secondary N) is 2. The maximum atomic E-state index is 12.5. The average Bonchev–Trinajstić information content (AvgIpc) is 2.56. The molecule has 2 rings (SSSR count). The molecule has 4 nitrogen and oxygen atoms in total. The number of hydrogen-bond acceptors (Lipinski definition) is 2. The maximum Gasteiger partial charge on any atom is 0.416 e. The van der Waals surface area contributed by atoms with Crippen LogP contribution in [0.1, 0.15) is 16.7 Å². The van der Waals surface area contributed by atoms with Gasteiger partial charge < -0.3 is 10.6 Å². The van der Waals surface area contributed by atoms with Gasteiger partial charge in [0.1, 0.15) is 5.15 Å². The normalized spacial score (nSPS) is 11.6. The Labute approximate surface area is 165 Å². The van der Waals surface area contributed by atoms with Crippen LogP contribution in [0.2, 0.25) is 5.15 Å². The van der Waals surface area contributed by atoms with Gasteiger partial charge in [0.25, 0.3) is 0 Å². The summed E-state index contributed by atoms with van der Waals surface area (Å²) in [5.74, 6) is 0.532. The zero-order valence-corrected chi connectivity index (χ0v) is 16.4. The summed E-state index contributed by atoms with van der Waals surface area (Å²) in [7, 11) is 1.61. The Morgan fingerprint density at radius 3 is 2.08 bits per heavy atom. The van der Waals surface area contributed by atoms with Crippen LogP contribution in [-0.2, 0) is 19.3 Å². The minimum Gasteiger partial charge on any atom is -0.352 e. The fraction of sp³-hybridized carbons (Fsp3) is 0.250. The lowest BCUT2D eigenvalue weighted by molar-refractivity contribution is -0.137. The number of aliphatic imine (C=N–C) groups is 1. The summed E-state index contributed by atoms with van der Waals surface area (Å²) in [6, 6.07) is 8.53. The van der Waals surface area contributed by atoms with Gasteiger partial charge in [0.05, 0.1) is 5.56 Å². The van der Waals surface area contributed by atoms with E-state index in [0.29, 0.717) is 24.2 Å². The molecule has 0 saturated carbocycles. The number of rotatable bonds is 4. The molecule has 0 saturated heterocycles. The van der Waals surface area contributed by atoms with Crippen LogP contribution in [-0.4, -0.2) is 18.0 Å². The quantitative estimate of drug-likeness (QED) is 0.295. The molecule has 2 aromatic rings. The molecule has 0 radical (unpaired) electrons. The first-order valence-corrected chi connectivity index (χ1v) is 7.47. The number of alkyl halides is 3. The van der Waals surface area contributed by atoms with Crippen LogP contribution in [0.15, 0.2) is 47.6 Å². The summed E-state index contributed by atoms with van der Waals surface area (Å²) in [5, 5.41) is 6.54. The van der Waals surface area contributed by atoms with Crippen molar-refractivity contribution in [3.63, 3.8) is 0 Å². The van der Waals surface area contributed by atoms with Gasteiger partial charge in [-0.1, -0.05) is 29.8 Å². The summed E-state index contributed by atoms with van der Waals surface area (Å²) in [6.07, 6.45) is -2.67. The Kier molecular flexibility index (Phi) is 8.43. The van der Waals surface area contributed by atoms with Gasteiger partial charge in [-0.05, 0) is 29.3 Å². The molecule has 0 unspecified atom stereocenters. The molecular weight excluding hydrogens is 468 g/mol. The molecule has 2 N–H and O–H groups in total. The third kappa shape index (κ3) is 7.07. The van der Waals surface area contributed by atoms with Crippen molar-refractivity contribution in [1.82, 2.24) is 15.6 Å². The molecule has 1 aromatic carbocycles. The van der Waals surface area contributed by atoms with Crippen LogP contribution >= 0.6 is 35.6 Å². The lowest BCUT2D eigenvalue weighted by Gasteiger charge is -2.12. The SMILES string of the molecule is CN=C(NCc1ccc(C(F)(F)F)cc1)NCc1ccc(Cl)nc1.I. The highest BCUT2D eigenvalue weighted by Crippen LogP contribution is 2.28. The van der Waals surface area contributed by atoms with Crippen molar-refractivity contribution in [2.75, 3.05) is 7.05 Å². The summed E-state index contributed by atoms with van der Waals surface area (Å²) >= 11 is 5.72. The van der Waals surface area contributed by atoms with E-state index in [-0.39, 0.29) is 24.0 Å². The van der Waals surface area contributed by atoms with Gasteiger partial charge in [-0.15, -0.1) is 24.0 Å². The van der Waals surface area contributed by atoms with Crippen LogP contribution < -0.4 is 10.6 Å². The van der Waals surface area contributed by atoms with E-state index in [9.17, 15) is 13.2 Å². The Hall–Kier alpha value is -1.55. The van der Waals surface area contributed by atoms with E-state index in [1.807, 2.05) is 6.07 Å². The van der Waals surface area contributed by atoms with E-state index in [1.165, 1.54) is 12.1 Å². The molecule has 1 aromatic heterocycles. The first kappa shape index (κ1) is 21.5. The molecule has 0 spiro atoms. The molecule has 0 atom stereocenters. The second-order valence-corrected chi connectivity index (χ2v) is 5.35. The molecule has 0 fully saturated rings. The topological polar surface area (TPSA) is 49.3 Å². The van der Waals surface area contributed by atoms with Gasteiger partial charge in [0, 0.05) is 26.3 Å². The van der Waals surface area contributed by atoms with Crippen molar-refractivity contribution >= 4 is 41.5 Å². The Bertz CT molecular complexity index is 688. The Morgan fingerprint density at radius 1 is 1.04 bits per heavy atom. The standard InChI is InChI=1S/C16H16ClF3N4.HI/c1-21-15(24-10-12-4-7-14(17)22-9-12)23-8-11-2-5-13(6-3-11)16(18,19)20;/h2-7,9H,8,10H2,1H3,(H2,21,23,24);1H. The molecule has 25 heavy (non-hydrogen) atoms. The zero-order chi connectivity index (χ0) is 17.6. The summed E-state index contributed by atoms with van der Waals surface area (Å²) in [6.45, 7) is 0.855. The van der Waals surface area contributed by atoms with Gasteiger partial charge in [0.2, 0.25) is 0 Å². The van der Waals surface area contributed by atoms with Crippen molar-refractivity contribution < 1.29 is 13.2 Å². The summed E-state index contributed by atoms with van der Waals surface area (Å²) in [5.41, 5.74) is 0.986. The second-order valence-electron chi connectivity index (χ2n) is 4.96. The van der Waals surface area contributed by atoms with Crippen molar-refractivity contribution in [2.45, 2.75) is 19.3 Å². The lowest BCUT2D eigenvalue weighted by atomic mass is 10.1. The van der Waals surface area contributed by atoms with E-state index >= 15 is 0 Å². The number of nitrogens with zero attached hydrogens (tertiary/aromatic N) is 2. The van der Waals surface area contributed by atoms with Gasteiger partial charge in [-0.3, -0.25) is 4.99 Å². The van der Waals surface area contributed by atoms with E-state index in [1.54, 1.807) is 19.3 Å². The smallest absolute Gasteiger partial charge is 0.352 e. The van der Waals surface area contributed by atoms with Crippen LogP contribution in [0.25, 0.3) is 0 Å². The molecular formula is C16H17ClF3IN4. The Morgan fingerprint density at radius 2 is 1.60 bits per heavy atom. The minimum absolute atomic E-state index is 0. The number of aromatic nitrogens is 1. The predicted octanol–water partition coefficient (Wildman–Crippen LogP) is 4.24. The third-order valence-corrected chi connectivity index (χ3v) is 3.44. The molecule has 0 bridgehead atoms. The van der Waals surface area contributed by atoms with Crippen molar-refractivity contribution in [2.24, 2.45) is 4.99 Å². The predicted molar refractivity (Wildman–Crippen MR) is 103 cm³/mol. The van der Waals surface area contributed by atoms with E-state index in [0.717, 1.165) is 23.3 Å². The highest BCUT2D eigenvalue weighted by molar-refractivity contribution is 14.0. The van der Waals surface area contributed by atoms with Gasteiger partial charge in [-0.2, -0.15) is 13.2 Å². The molecule has 136 valence electrons. The fourth-order valence-corrected chi connectivity index (χ4v) is 2.03. The van der Waals surface area contributed by atoms with Crippen LogP contribution in [0, 0.1) is 0 Å². The lowest BCUT2D eigenvalue weighted by Crippen LogP contribution is -2.36. The number of benzene rings is 1. The van der Waals surface area contributed by atoms with Crippen LogP contribution in [0.5, 0.6) is 0 Å². The van der Waals surface area contributed by atoms with E-state index in [2.05, 4.69) is 20.6 Å². The van der Waals surface area contributed by atoms with Crippen molar-refractivity contribution in [3.8, 4) is 0 Å². The summed E-state index contributed by atoms with van der Waals surface area (Å²) < 4.78 is 37.5. The number of pyridine rings is 1. The molecule has 1 heterocycles. The van der Waals surface area contributed by atoms with Crippen molar-refractivity contribution in [3.05, 3.63) is 64.4 Å². The largest absolute Gasteiger partial charge is 0.416 e. The maximum absolute atomic E-state index is 12.5. The third-order valence-electron chi connectivity index (χ3n) is 3.21. The highest BCUT2D eigenvalue weighted by Gasteiger charge is 2.29. The molecule has 9 heteroatoms. The van der Waals surface area contributed by atoms with E-state index in [4.69, 9.17) is 11.6 Å². The Balaban J connectivity index is 0.00000312. The molecule has 0 amide bonds. The minimum atomic E-state index is -4.32. The van der Waals surface area contributed by atoms with Gasteiger partial charge in [-0.25, -0.2) is 4.98 Å². The number of hydrogen-bond donors (Lipinski definition) is 2. The fourth-order valence-electron chi connectivity index (χ4n) is 1.91. The van der Waals surface area contributed by atoms with Gasteiger partial charge in [0.15, 0.2) is 5.96 Å². The van der Waals surface area contributed by atoms with E-state index < -0.39 is 11.7 Å². The zero-order valence-electron chi connectivity index (χ0n) is 13.3. The monoisotopic (exact) mass is 484 g/mol. The van der Waals surface area contributed by atoms with Gasteiger partial charge >= 0.3 is 6.18 Å². The first-order valence-electron chi connectivity index (χ1n) is 7.09. The van der Waals surface area contributed by atoms with Crippen molar-refractivity contribution in [1.29, 1.82) is 0 Å². The summed E-state index contributed by atoms with van der Waals surface area (Å²) in [4.78, 5) is 8.04. The number of guanidine groups is 1. The average molecular weight is 485 g/mol. The molecule has 0 aliphatic heterocycles. The number of halogens is 5. The molecule has 0 aliphatic rings. The van der Waals surface area contributed by atoms with Crippen LogP contribution in [0.3, 0.4) is 0 Å². The highest BCUT2D eigenvalue weighted by atomic mass is 127. The van der Waals surface area contributed by atoms with Crippen LogP contribution in [0.4, 0.5) is 13.2 Å². The second kappa shape index (κ2) is 9.81. The first-order chi connectivity index (χ1) is 11.4. The molecule has 0 aliphatic carbocycles.